The van der Waals surface area contributed by atoms with Crippen molar-refractivity contribution in [2.24, 2.45) is 0 Å². The second-order valence-corrected chi connectivity index (χ2v) is 4.19. The minimum atomic E-state index is -0.769. The molecular weight excluding hydrogens is 163 g/mol. The van der Waals surface area contributed by atoms with Gasteiger partial charge in [0.25, 0.3) is 0 Å². The van der Waals surface area contributed by atoms with Crippen molar-refractivity contribution in [1.82, 2.24) is 0 Å². The molecular formula is C6H9BO3S. The van der Waals surface area contributed by atoms with E-state index < -0.39 is 17.7 Å². The van der Waals surface area contributed by atoms with E-state index in [0.717, 1.165) is 0 Å². The molecule has 2 fully saturated rings. The lowest BCUT2D eigenvalue weighted by Gasteiger charge is -2.27. The van der Waals surface area contributed by atoms with Gasteiger partial charge in [-0.05, 0) is 0 Å². The van der Waals surface area contributed by atoms with Crippen LogP contribution in [0.3, 0.4) is 0 Å². The molecule has 2 rings (SSSR count). The van der Waals surface area contributed by atoms with Crippen LogP contribution in [0.4, 0.5) is 0 Å². The molecule has 0 saturated carbocycles. The van der Waals surface area contributed by atoms with Gasteiger partial charge < -0.3 is 14.9 Å². The molecule has 2 bridgehead atoms. The van der Waals surface area contributed by atoms with Crippen molar-refractivity contribution >= 4 is 19.6 Å². The number of hydrogen-bond acceptors (Lipinski definition) is 4. The summed E-state index contributed by atoms with van der Waals surface area (Å²) in [5.41, 5.74) is -0.769. The Labute approximate surface area is 70.5 Å². The normalized spacial score (nSPS) is 55.3. The molecule has 60 valence electrons. The Morgan fingerprint density at radius 1 is 1.73 bits per heavy atom. The summed E-state index contributed by atoms with van der Waals surface area (Å²) < 4.78 is 5.27. The highest BCUT2D eigenvalue weighted by molar-refractivity contribution is 8.00. The Bertz CT molecular complexity index is 179. The average Bonchev–Trinajstić information content (AvgIpc) is 2.42. The summed E-state index contributed by atoms with van der Waals surface area (Å²) in [5.74, 6) is 0.642. The summed E-state index contributed by atoms with van der Waals surface area (Å²) in [6, 6.07) is -0.420. The summed E-state index contributed by atoms with van der Waals surface area (Å²) in [6.07, 6.45) is -0.604. The Kier molecular flexibility index (Phi) is 1.72. The van der Waals surface area contributed by atoms with Crippen molar-refractivity contribution in [3.05, 3.63) is 0 Å². The SMILES string of the molecule is [B][C@@H]1O[C@@]2(CO)CSC1C2O. The van der Waals surface area contributed by atoms with E-state index in [9.17, 15) is 5.11 Å². The van der Waals surface area contributed by atoms with Crippen LogP contribution >= 0.6 is 11.8 Å². The molecule has 2 unspecified atom stereocenters. The van der Waals surface area contributed by atoms with Gasteiger partial charge in [0.1, 0.15) is 13.4 Å². The molecule has 0 spiro atoms. The molecule has 2 radical (unpaired) electrons. The molecule has 5 heteroatoms. The summed E-state index contributed by atoms with van der Waals surface area (Å²) in [5, 5.41) is 18.5. The van der Waals surface area contributed by atoms with Crippen molar-refractivity contribution in [3.63, 3.8) is 0 Å². The van der Waals surface area contributed by atoms with Crippen molar-refractivity contribution in [3.8, 4) is 0 Å². The monoisotopic (exact) mass is 172 g/mol. The first-order valence-corrected chi connectivity index (χ1v) is 4.58. The summed E-state index contributed by atoms with van der Waals surface area (Å²) in [6.45, 7) is -0.147. The molecule has 2 N–H and O–H groups in total. The highest BCUT2D eigenvalue weighted by atomic mass is 32.2. The smallest absolute Gasteiger partial charge is 0.126 e. The van der Waals surface area contributed by atoms with Crippen molar-refractivity contribution in [2.75, 3.05) is 12.4 Å². The van der Waals surface area contributed by atoms with E-state index in [1.165, 1.54) is 0 Å². The first-order valence-electron chi connectivity index (χ1n) is 3.53. The topological polar surface area (TPSA) is 49.7 Å². The van der Waals surface area contributed by atoms with Crippen molar-refractivity contribution in [1.29, 1.82) is 0 Å². The van der Waals surface area contributed by atoms with Gasteiger partial charge in [0.05, 0.1) is 18.0 Å². The zero-order chi connectivity index (χ0) is 8.06. The molecule has 0 aromatic heterocycles. The second kappa shape index (κ2) is 2.39. The fourth-order valence-electron chi connectivity index (χ4n) is 1.61. The molecule has 2 saturated heterocycles. The van der Waals surface area contributed by atoms with Crippen LogP contribution in [0.2, 0.25) is 0 Å². The van der Waals surface area contributed by atoms with Crippen LogP contribution in [-0.4, -0.2) is 53.4 Å². The van der Waals surface area contributed by atoms with Gasteiger partial charge in [0.15, 0.2) is 0 Å². The molecule has 0 aromatic rings. The quantitative estimate of drug-likeness (QED) is 0.483. The molecule has 2 aliphatic heterocycles. The molecule has 3 nitrogen and oxygen atoms in total. The molecule has 11 heavy (non-hydrogen) atoms. The standard InChI is InChI=1S/C6H9BO3S/c7-5-3-4(9)6(1-8,10-5)2-11-3/h3-5,8-9H,1-2H2/t3?,4?,5-,6+/m1/s1. The fourth-order valence-corrected chi connectivity index (χ4v) is 3.09. The number of hydrogen-bond donors (Lipinski definition) is 2. The number of thioether (sulfide) groups is 1. The van der Waals surface area contributed by atoms with Gasteiger partial charge in [-0.15, -0.1) is 0 Å². The van der Waals surface area contributed by atoms with Crippen LogP contribution < -0.4 is 0 Å². The average molecular weight is 172 g/mol. The highest BCUT2D eigenvalue weighted by Crippen LogP contribution is 2.46. The second-order valence-electron chi connectivity index (χ2n) is 3.03. The third-order valence-corrected chi connectivity index (χ3v) is 3.90. The Hall–Kier alpha value is 0.295. The van der Waals surface area contributed by atoms with Gasteiger partial charge in [-0.2, -0.15) is 11.8 Å². The lowest BCUT2D eigenvalue weighted by atomic mass is 9.93. The van der Waals surface area contributed by atoms with E-state index in [1.807, 2.05) is 0 Å². The summed E-state index contributed by atoms with van der Waals surface area (Å²) in [4.78, 5) is 0. The highest BCUT2D eigenvalue weighted by Gasteiger charge is 2.58. The van der Waals surface area contributed by atoms with E-state index in [2.05, 4.69) is 0 Å². The van der Waals surface area contributed by atoms with Gasteiger partial charge in [-0.3, -0.25) is 0 Å². The van der Waals surface area contributed by atoms with Crippen LogP contribution in [0.5, 0.6) is 0 Å². The molecule has 0 aromatic carbocycles. The minimum absolute atomic E-state index is 0.0536. The van der Waals surface area contributed by atoms with E-state index in [1.54, 1.807) is 11.8 Å². The van der Waals surface area contributed by atoms with Crippen LogP contribution in [0.1, 0.15) is 0 Å². The predicted octanol–water partition coefficient (Wildman–Crippen LogP) is -1.28. The number of rotatable bonds is 1. The maximum Gasteiger partial charge on any atom is 0.126 e. The number of fused-ring (bicyclic) bond motifs is 2. The van der Waals surface area contributed by atoms with Crippen molar-refractivity contribution < 1.29 is 14.9 Å². The molecule has 2 aliphatic rings. The van der Waals surface area contributed by atoms with E-state index in [-0.39, 0.29) is 11.9 Å². The fraction of sp³-hybridized carbons (Fsp3) is 1.00. The van der Waals surface area contributed by atoms with Gasteiger partial charge in [-0.1, -0.05) is 0 Å². The van der Waals surface area contributed by atoms with Gasteiger partial charge in [0.2, 0.25) is 0 Å². The molecule has 0 amide bonds. The van der Waals surface area contributed by atoms with E-state index >= 15 is 0 Å². The zero-order valence-corrected chi connectivity index (χ0v) is 6.75. The molecule has 0 aliphatic carbocycles. The van der Waals surface area contributed by atoms with Crippen LogP contribution in [0, 0.1) is 0 Å². The molecule has 4 atom stereocenters. The number of aliphatic hydroxyl groups excluding tert-OH is 2. The lowest BCUT2D eigenvalue weighted by Crippen LogP contribution is -2.43. The van der Waals surface area contributed by atoms with E-state index in [4.69, 9.17) is 17.7 Å². The van der Waals surface area contributed by atoms with E-state index in [0.29, 0.717) is 5.75 Å². The first-order chi connectivity index (χ1) is 5.19. The first kappa shape index (κ1) is 7.92. The minimum Gasteiger partial charge on any atom is -0.393 e. The lowest BCUT2D eigenvalue weighted by molar-refractivity contribution is -0.0789. The number of aliphatic hydroxyl groups is 2. The summed E-state index contributed by atoms with van der Waals surface area (Å²) in [7, 11) is 5.56. The van der Waals surface area contributed by atoms with Crippen LogP contribution in [0.15, 0.2) is 0 Å². The third kappa shape index (κ3) is 0.885. The Morgan fingerprint density at radius 3 is 2.73 bits per heavy atom. The predicted molar refractivity (Wildman–Crippen MR) is 42.7 cm³/mol. The molecule has 2 heterocycles. The van der Waals surface area contributed by atoms with Crippen LogP contribution in [-0.2, 0) is 4.74 Å². The maximum atomic E-state index is 9.56. The number of ether oxygens (including phenoxy) is 1. The Morgan fingerprint density at radius 2 is 2.45 bits per heavy atom. The third-order valence-electron chi connectivity index (χ3n) is 2.33. The summed E-state index contributed by atoms with van der Waals surface area (Å²) >= 11 is 1.57. The largest absolute Gasteiger partial charge is 0.393 e. The van der Waals surface area contributed by atoms with Crippen LogP contribution in [0.25, 0.3) is 0 Å². The van der Waals surface area contributed by atoms with Gasteiger partial charge in [-0.25, -0.2) is 0 Å². The van der Waals surface area contributed by atoms with Gasteiger partial charge in [0, 0.05) is 11.8 Å². The Balaban J connectivity index is 2.24. The zero-order valence-electron chi connectivity index (χ0n) is 5.93. The van der Waals surface area contributed by atoms with Crippen molar-refractivity contribution in [2.45, 2.75) is 23.0 Å². The maximum absolute atomic E-state index is 9.56. The van der Waals surface area contributed by atoms with Gasteiger partial charge >= 0.3 is 0 Å².